The van der Waals surface area contributed by atoms with Gasteiger partial charge in [-0.05, 0) is 6.42 Å². The summed E-state index contributed by atoms with van der Waals surface area (Å²) in [6.45, 7) is 3.18. The van der Waals surface area contributed by atoms with E-state index in [2.05, 4.69) is 21.2 Å². The molecule has 0 amide bonds. The number of aryl methyl sites for hydroxylation is 2. The molecule has 0 saturated heterocycles. The first-order valence-electron chi connectivity index (χ1n) is 5.39. The molecule has 4 nitrogen and oxygen atoms in total. The van der Waals surface area contributed by atoms with Crippen molar-refractivity contribution in [2.45, 2.75) is 39.2 Å². The van der Waals surface area contributed by atoms with E-state index in [1.54, 1.807) is 0 Å². The highest BCUT2D eigenvalue weighted by Gasteiger charge is 2.10. The molecule has 15 heavy (non-hydrogen) atoms. The molecule has 0 radical (unpaired) electrons. The summed E-state index contributed by atoms with van der Waals surface area (Å²) in [6.07, 6.45) is 7.41. The number of esters is 1. The van der Waals surface area contributed by atoms with Crippen LogP contribution in [0.2, 0.25) is 0 Å². The van der Waals surface area contributed by atoms with Crippen molar-refractivity contribution in [1.29, 1.82) is 0 Å². The van der Waals surface area contributed by atoms with E-state index >= 15 is 0 Å². The van der Waals surface area contributed by atoms with Gasteiger partial charge in [0.2, 0.25) is 6.33 Å². The van der Waals surface area contributed by atoms with Crippen LogP contribution in [0, 0.1) is 0 Å². The molecule has 1 rings (SSSR count). The van der Waals surface area contributed by atoms with Crippen molar-refractivity contribution >= 4 is 5.97 Å². The summed E-state index contributed by atoms with van der Waals surface area (Å²) < 4.78 is 6.77. The lowest BCUT2D eigenvalue weighted by molar-refractivity contribution is -0.703. The maximum Gasteiger partial charge on any atom is 0.305 e. The first-order chi connectivity index (χ1) is 7.27. The zero-order chi connectivity index (χ0) is 11.1. The average molecular weight is 211 g/mol. The van der Waals surface area contributed by atoms with Crippen LogP contribution in [0.4, 0.5) is 0 Å². The molecule has 0 fully saturated rings. The molecule has 4 heteroatoms. The normalized spacial score (nSPS) is 10.3. The third kappa shape index (κ3) is 3.73. The molecule has 1 aromatic heterocycles. The Hall–Kier alpha value is -1.32. The second-order valence-corrected chi connectivity index (χ2v) is 3.55. The molecule has 0 aliphatic carbocycles. The minimum atomic E-state index is -0.154. The predicted molar refractivity (Wildman–Crippen MR) is 56.2 cm³/mol. The third-order valence-electron chi connectivity index (χ3n) is 2.41. The number of carbonyl (C=O) groups is 1. The highest BCUT2D eigenvalue weighted by atomic mass is 16.5. The molecule has 0 atom stereocenters. The average Bonchev–Trinajstić information content (AvgIpc) is 2.70. The van der Waals surface area contributed by atoms with Crippen LogP contribution in [0.5, 0.6) is 0 Å². The van der Waals surface area contributed by atoms with Crippen LogP contribution in [-0.2, 0) is 22.5 Å². The van der Waals surface area contributed by atoms with Gasteiger partial charge in [0.1, 0.15) is 11.9 Å². The van der Waals surface area contributed by atoms with Crippen molar-refractivity contribution in [2.75, 3.05) is 7.11 Å². The lowest BCUT2D eigenvalue weighted by Crippen LogP contribution is -2.35. The molecule has 0 aliphatic heterocycles. The lowest BCUT2D eigenvalue weighted by atomic mass is 10.2. The fraction of sp³-hybridized carbons (Fsp3) is 0.636. The van der Waals surface area contributed by atoms with E-state index < -0.39 is 0 Å². The highest BCUT2D eigenvalue weighted by molar-refractivity contribution is 5.69. The maximum absolute atomic E-state index is 11.0. The number of aromatic nitrogens is 2. The molecular formula is C11H19N2O2+. The topological polar surface area (TPSA) is 46.0 Å². The second-order valence-electron chi connectivity index (χ2n) is 3.55. The van der Waals surface area contributed by atoms with Gasteiger partial charge in [0.05, 0.1) is 20.1 Å². The number of methoxy groups -OCH3 is 1. The molecule has 0 spiro atoms. The summed E-state index contributed by atoms with van der Waals surface area (Å²) in [5.41, 5.74) is 1.16. The molecule has 1 heterocycles. The van der Waals surface area contributed by atoms with E-state index in [1.807, 2.05) is 12.5 Å². The van der Waals surface area contributed by atoms with Crippen molar-refractivity contribution in [3.8, 4) is 0 Å². The molecule has 1 N–H and O–H groups in total. The number of carbonyl (C=O) groups excluding carboxylic acids is 1. The number of unbranched alkanes of at least 4 members (excludes halogenated alkanes) is 1. The Labute approximate surface area is 90.3 Å². The van der Waals surface area contributed by atoms with Gasteiger partial charge in [-0.3, -0.25) is 4.79 Å². The van der Waals surface area contributed by atoms with Gasteiger partial charge in [0, 0.05) is 6.42 Å². The monoisotopic (exact) mass is 211 g/mol. The summed E-state index contributed by atoms with van der Waals surface area (Å²) >= 11 is 0. The first kappa shape index (κ1) is 11.8. The van der Waals surface area contributed by atoms with Gasteiger partial charge in [-0.2, -0.15) is 0 Å². The van der Waals surface area contributed by atoms with Crippen LogP contribution in [0.1, 0.15) is 31.9 Å². The number of ether oxygens (including phenoxy) is 1. The molecule has 0 bridgehead atoms. The fourth-order valence-corrected chi connectivity index (χ4v) is 1.47. The van der Waals surface area contributed by atoms with Crippen molar-refractivity contribution in [3.63, 3.8) is 0 Å². The minimum Gasteiger partial charge on any atom is -0.469 e. The van der Waals surface area contributed by atoms with Crippen LogP contribution < -0.4 is 4.57 Å². The zero-order valence-corrected chi connectivity index (χ0v) is 9.45. The second kappa shape index (κ2) is 6.22. The maximum atomic E-state index is 11.0. The Morgan fingerprint density at radius 3 is 3.07 bits per heavy atom. The van der Waals surface area contributed by atoms with Crippen molar-refractivity contribution < 1.29 is 14.1 Å². The first-order valence-corrected chi connectivity index (χ1v) is 5.39. The smallest absolute Gasteiger partial charge is 0.305 e. The summed E-state index contributed by atoms with van der Waals surface area (Å²) in [5.74, 6) is -0.154. The fourth-order valence-electron chi connectivity index (χ4n) is 1.47. The number of rotatable bonds is 6. The Morgan fingerprint density at radius 1 is 1.60 bits per heavy atom. The zero-order valence-electron chi connectivity index (χ0n) is 9.45. The largest absolute Gasteiger partial charge is 0.469 e. The number of hydrogen-bond donors (Lipinski definition) is 1. The number of aromatic amines is 1. The van der Waals surface area contributed by atoms with Crippen LogP contribution in [0.3, 0.4) is 0 Å². The van der Waals surface area contributed by atoms with E-state index in [9.17, 15) is 4.79 Å². The minimum absolute atomic E-state index is 0.154. The van der Waals surface area contributed by atoms with E-state index in [1.165, 1.54) is 13.5 Å². The summed E-state index contributed by atoms with van der Waals surface area (Å²) in [6, 6.07) is 0. The van der Waals surface area contributed by atoms with E-state index in [0.29, 0.717) is 6.42 Å². The van der Waals surface area contributed by atoms with Crippen molar-refractivity contribution in [1.82, 2.24) is 4.98 Å². The van der Waals surface area contributed by atoms with Gasteiger partial charge in [0.25, 0.3) is 0 Å². The van der Waals surface area contributed by atoms with Crippen molar-refractivity contribution in [3.05, 3.63) is 18.2 Å². The molecular weight excluding hydrogens is 192 g/mol. The standard InChI is InChI=1S/C11H18N2O2/c1-3-4-7-13-9-12-8-10(13)5-6-11(14)15-2/h8-9H,3-7H2,1-2H3/p+1. The van der Waals surface area contributed by atoms with Crippen LogP contribution in [0.15, 0.2) is 12.5 Å². The van der Waals surface area contributed by atoms with Crippen LogP contribution >= 0.6 is 0 Å². The van der Waals surface area contributed by atoms with Gasteiger partial charge in [-0.1, -0.05) is 13.3 Å². The number of imidazole rings is 1. The van der Waals surface area contributed by atoms with Gasteiger partial charge in [-0.25, -0.2) is 9.55 Å². The SMILES string of the molecule is CCCC[n+]1c[nH]cc1CCC(=O)OC. The van der Waals surface area contributed by atoms with Crippen LogP contribution in [-0.4, -0.2) is 18.1 Å². The number of H-pyrrole nitrogens is 1. The molecule has 0 saturated carbocycles. The quantitative estimate of drug-likeness (QED) is 0.568. The van der Waals surface area contributed by atoms with Gasteiger partial charge in [-0.15, -0.1) is 0 Å². The molecule has 84 valence electrons. The summed E-state index contributed by atoms with van der Waals surface area (Å²) in [4.78, 5) is 14.1. The number of hydrogen-bond acceptors (Lipinski definition) is 2. The van der Waals surface area contributed by atoms with E-state index in [4.69, 9.17) is 0 Å². The van der Waals surface area contributed by atoms with Crippen molar-refractivity contribution in [2.24, 2.45) is 0 Å². The molecule has 0 aliphatic rings. The van der Waals surface area contributed by atoms with Gasteiger partial charge in [0.15, 0.2) is 0 Å². The predicted octanol–water partition coefficient (Wildman–Crippen LogP) is 1.21. The van der Waals surface area contributed by atoms with E-state index in [-0.39, 0.29) is 5.97 Å². The lowest BCUT2D eigenvalue weighted by Gasteiger charge is -2.00. The Balaban J connectivity index is 2.45. The molecule has 0 aromatic carbocycles. The van der Waals surface area contributed by atoms with Gasteiger partial charge >= 0.3 is 5.97 Å². The number of nitrogens with zero attached hydrogens (tertiary/aromatic N) is 1. The third-order valence-corrected chi connectivity index (χ3v) is 2.41. The Bertz CT molecular complexity index is 307. The van der Waals surface area contributed by atoms with E-state index in [0.717, 1.165) is 25.1 Å². The molecule has 0 unspecified atom stereocenters. The van der Waals surface area contributed by atoms with Crippen LogP contribution in [0.25, 0.3) is 0 Å². The molecule has 1 aromatic rings. The summed E-state index contributed by atoms with van der Waals surface area (Å²) in [5, 5.41) is 0. The number of nitrogens with one attached hydrogen (secondary N) is 1. The summed E-state index contributed by atoms with van der Waals surface area (Å²) in [7, 11) is 1.42. The highest BCUT2D eigenvalue weighted by Crippen LogP contribution is 1.98. The van der Waals surface area contributed by atoms with Gasteiger partial charge < -0.3 is 4.74 Å². The Morgan fingerprint density at radius 2 is 2.40 bits per heavy atom. The Kier molecular flexibility index (Phi) is 4.87.